The Bertz CT molecular complexity index is 947. The van der Waals surface area contributed by atoms with Gasteiger partial charge in [-0.1, -0.05) is 42.3 Å². The number of nitrogens with zero attached hydrogens (tertiary/aromatic N) is 1. The van der Waals surface area contributed by atoms with E-state index in [9.17, 15) is 14.4 Å². The first kappa shape index (κ1) is 23.5. The summed E-state index contributed by atoms with van der Waals surface area (Å²) < 4.78 is 0. The van der Waals surface area contributed by atoms with E-state index in [1.807, 2.05) is 62.1 Å². The van der Waals surface area contributed by atoms with Gasteiger partial charge < -0.3 is 15.5 Å². The summed E-state index contributed by atoms with van der Waals surface area (Å²) in [5.74, 6) is -0.415. The zero-order chi connectivity index (χ0) is 23.1. The summed E-state index contributed by atoms with van der Waals surface area (Å²) in [6, 6.07) is 14.3. The van der Waals surface area contributed by atoms with E-state index < -0.39 is 6.04 Å². The third-order valence-corrected chi connectivity index (χ3v) is 6.00. The van der Waals surface area contributed by atoms with Gasteiger partial charge in [-0.25, -0.2) is 0 Å². The fourth-order valence-electron chi connectivity index (χ4n) is 4.08. The van der Waals surface area contributed by atoms with Gasteiger partial charge in [0.2, 0.25) is 5.91 Å². The van der Waals surface area contributed by atoms with E-state index in [0.29, 0.717) is 43.6 Å². The number of hydrogen-bond donors (Lipinski definition) is 2. The largest absolute Gasteiger partial charge is 0.354 e. The lowest BCUT2D eigenvalue weighted by Gasteiger charge is -2.36. The summed E-state index contributed by atoms with van der Waals surface area (Å²) in [7, 11) is 0. The minimum absolute atomic E-state index is 0.0165. The molecule has 2 aromatic rings. The minimum Gasteiger partial charge on any atom is -0.354 e. The van der Waals surface area contributed by atoms with E-state index in [4.69, 9.17) is 0 Å². The molecule has 2 N–H and O–H groups in total. The Morgan fingerprint density at radius 1 is 0.969 bits per heavy atom. The van der Waals surface area contributed by atoms with Crippen LogP contribution in [0.3, 0.4) is 0 Å². The van der Waals surface area contributed by atoms with Crippen LogP contribution >= 0.6 is 0 Å². The Morgan fingerprint density at radius 2 is 1.66 bits per heavy atom. The summed E-state index contributed by atoms with van der Waals surface area (Å²) in [5, 5.41) is 5.89. The number of amides is 3. The van der Waals surface area contributed by atoms with E-state index in [-0.39, 0.29) is 23.6 Å². The Labute approximate surface area is 190 Å². The molecule has 0 aliphatic carbocycles. The quantitative estimate of drug-likeness (QED) is 0.699. The molecule has 1 heterocycles. The van der Waals surface area contributed by atoms with Crippen LogP contribution in [-0.2, 0) is 4.79 Å². The molecule has 3 amide bonds. The van der Waals surface area contributed by atoms with E-state index in [1.54, 1.807) is 12.1 Å². The summed E-state index contributed by atoms with van der Waals surface area (Å²) in [6.45, 7) is 7.63. The van der Waals surface area contributed by atoms with Crippen molar-refractivity contribution in [2.45, 2.75) is 46.1 Å². The van der Waals surface area contributed by atoms with Gasteiger partial charge in [0.1, 0.15) is 6.04 Å². The number of carbonyl (C=O) groups excluding carboxylic acids is 3. The van der Waals surface area contributed by atoms with Gasteiger partial charge in [0.15, 0.2) is 0 Å². The van der Waals surface area contributed by atoms with Crippen LogP contribution in [0.4, 0.5) is 0 Å². The van der Waals surface area contributed by atoms with Gasteiger partial charge >= 0.3 is 0 Å². The van der Waals surface area contributed by atoms with Crippen LogP contribution in [-0.4, -0.2) is 48.3 Å². The highest BCUT2D eigenvalue weighted by Crippen LogP contribution is 2.23. The molecular formula is C26H33N3O3. The van der Waals surface area contributed by atoms with Gasteiger partial charge in [-0.2, -0.15) is 0 Å². The number of hydrogen-bond acceptors (Lipinski definition) is 3. The SMILES string of the molecule is CCCNC(=O)C(NC(=O)c1ccc(C)cc1)C1CCN(C(=O)c2cccc(C)c2)CC1. The molecule has 170 valence electrons. The molecule has 0 saturated carbocycles. The number of rotatable bonds is 7. The zero-order valence-corrected chi connectivity index (χ0v) is 19.2. The highest BCUT2D eigenvalue weighted by molar-refractivity contribution is 5.98. The standard InChI is InChI=1S/C26H33N3O3/c1-4-14-27-25(31)23(28-24(30)21-10-8-18(2)9-11-21)20-12-15-29(16-13-20)26(32)22-7-5-6-19(3)17-22/h5-11,17,20,23H,4,12-16H2,1-3H3,(H,27,31)(H,28,30). The third-order valence-electron chi connectivity index (χ3n) is 6.00. The van der Waals surface area contributed by atoms with Gasteiger partial charge in [-0.05, 0) is 63.3 Å². The Hall–Kier alpha value is -3.15. The molecule has 1 aliphatic rings. The maximum Gasteiger partial charge on any atom is 0.253 e. The van der Waals surface area contributed by atoms with Crippen LogP contribution in [0, 0.1) is 19.8 Å². The number of piperidine rings is 1. The molecule has 2 aromatic carbocycles. The van der Waals surface area contributed by atoms with Crippen LogP contribution in [0.15, 0.2) is 48.5 Å². The average Bonchev–Trinajstić information content (AvgIpc) is 2.81. The number of likely N-dealkylation sites (tertiary alicyclic amines) is 1. The van der Waals surface area contributed by atoms with Crippen LogP contribution < -0.4 is 10.6 Å². The molecule has 6 heteroatoms. The number of carbonyl (C=O) groups is 3. The van der Waals surface area contributed by atoms with Crippen LogP contribution in [0.2, 0.25) is 0 Å². The van der Waals surface area contributed by atoms with Crippen molar-refractivity contribution in [3.8, 4) is 0 Å². The number of aryl methyl sites for hydroxylation is 2. The Morgan fingerprint density at radius 3 is 2.28 bits per heavy atom. The lowest BCUT2D eigenvalue weighted by molar-refractivity contribution is -0.124. The average molecular weight is 436 g/mol. The van der Waals surface area contributed by atoms with E-state index in [1.165, 1.54) is 0 Å². The van der Waals surface area contributed by atoms with Crippen molar-refractivity contribution in [3.05, 3.63) is 70.8 Å². The molecule has 32 heavy (non-hydrogen) atoms. The van der Waals surface area contributed by atoms with Crippen molar-refractivity contribution in [2.75, 3.05) is 19.6 Å². The van der Waals surface area contributed by atoms with Crippen LogP contribution in [0.25, 0.3) is 0 Å². The number of benzene rings is 2. The molecule has 6 nitrogen and oxygen atoms in total. The second kappa shape index (κ2) is 10.9. The molecule has 0 spiro atoms. The van der Waals surface area contributed by atoms with Gasteiger partial charge in [-0.3, -0.25) is 14.4 Å². The molecule has 1 aliphatic heterocycles. The van der Waals surface area contributed by atoms with Gasteiger partial charge in [-0.15, -0.1) is 0 Å². The maximum atomic E-state index is 12.9. The van der Waals surface area contributed by atoms with E-state index >= 15 is 0 Å². The minimum atomic E-state index is -0.619. The topological polar surface area (TPSA) is 78.5 Å². The van der Waals surface area contributed by atoms with Crippen molar-refractivity contribution in [1.82, 2.24) is 15.5 Å². The smallest absolute Gasteiger partial charge is 0.253 e. The molecule has 0 aromatic heterocycles. The highest BCUT2D eigenvalue weighted by atomic mass is 16.2. The van der Waals surface area contributed by atoms with Gasteiger partial charge in [0.25, 0.3) is 11.8 Å². The zero-order valence-electron chi connectivity index (χ0n) is 19.2. The molecule has 3 rings (SSSR count). The molecule has 1 fully saturated rings. The maximum absolute atomic E-state index is 12.9. The summed E-state index contributed by atoms with van der Waals surface area (Å²) >= 11 is 0. The highest BCUT2D eigenvalue weighted by Gasteiger charge is 2.34. The number of nitrogens with one attached hydrogen (secondary N) is 2. The molecule has 1 unspecified atom stereocenters. The first-order valence-electron chi connectivity index (χ1n) is 11.4. The lowest BCUT2D eigenvalue weighted by atomic mass is 9.88. The Balaban J connectivity index is 1.67. The second-order valence-corrected chi connectivity index (χ2v) is 8.61. The van der Waals surface area contributed by atoms with Crippen LogP contribution in [0.5, 0.6) is 0 Å². The van der Waals surface area contributed by atoms with E-state index in [0.717, 1.165) is 17.5 Å². The fraction of sp³-hybridized carbons (Fsp3) is 0.423. The summed E-state index contributed by atoms with van der Waals surface area (Å²) in [4.78, 5) is 40.4. The fourth-order valence-corrected chi connectivity index (χ4v) is 4.08. The normalized spacial score (nSPS) is 15.2. The van der Waals surface area contributed by atoms with Crippen molar-refractivity contribution in [2.24, 2.45) is 5.92 Å². The van der Waals surface area contributed by atoms with Crippen molar-refractivity contribution >= 4 is 17.7 Å². The van der Waals surface area contributed by atoms with E-state index in [2.05, 4.69) is 10.6 Å². The second-order valence-electron chi connectivity index (χ2n) is 8.61. The molecule has 0 radical (unpaired) electrons. The molecular weight excluding hydrogens is 402 g/mol. The molecule has 1 atom stereocenters. The Kier molecular flexibility index (Phi) is 8.03. The molecule has 0 bridgehead atoms. The lowest BCUT2D eigenvalue weighted by Crippen LogP contribution is -2.54. The van der Waals surface area contributed by atoms with Gasteiger partial charge in [0.05, 0.1) is 0 Å². The third kappa shape index (κ3) is 5.96. The first-order valence-corrected chi connectivity index (χ1v) is 11.4. The predicted octanol–water partition coefficient (Wildman–Crippen LogP) is 3.48. The molecule has 1 saturated heterocycles. The van der Waals surface area contributed by atoms with Gasteiger partial charge in [0, 0.05) is 30.8 Å². The van der Waals surface area contributed by atoms with Crippen molar-refractivity contribution < 1.29 is 14.4 Å². The van der Waals surface area contributed by atoms with Crippen LogP contribution in [0.1, 0.15) is 58.0 Å². The summed E-state index contributed by atoms with van der Waals surface area (Å²) in [5.41, 5.74) is 3.35. The summed E-state index contributed by atoms with van der Waals surface area (Å²) in [6.07, 6.45) is 2.15. The van der Waals surface area contributed by atoms with Crippen molar-refractivity contribution in [3.63, 3.8) is 0 Å². The predicted molar refractivity (Wildman–Crippen MR) is 126 cm³/mol. The monoisotopic (exact) mass is 435 g/mol. The first-order chi connectivity index (χ1) is 15.4. The van der Waals surface area contributed by atoms with Crippen molar-refractivity contribution in [1.29, 1.82) is 0 Å².